The van der Waals surface area contributed by atoms with Crippen molar-refractivity contribution in [3.63, 3.8) is 0 Å². The van der Waals surface area contributed by atoms with Crippen molar-refractivity contribution in [1.82, 2.24) is 4.31 Å². The normalized spacial score (nSPS) is 15.8. The zero-order valence-corrected chi connectivity index (χ0v) is 17.5. The molecule has 0 N–H and O–H groups in total. The number of anilines is 1. The minimum absolute atomic E-state index is 0.322. The van der Waals surface area contributed by atoms with Crippen LogP contribution in [0.25, 0.3) is 0 Å². The molecule has 0 bridgehead atoms. The maximum atomic E-state index is 13.2. The number of nitrogens with zero attached hydrogens (tertiary/aromatic N) is 2. The Kier molecular flexibility index (Phi) is 5.99. The predicted molar refractivity (Wildman–Crippen MR) is 110 cm³/mol. The molecular formula is C20H25ClN2O3S. The Bertz CT molecular complexity index is 923. The van der Waals surface area contributed by atoms with E-state index in [1.807, 2.05) is 51.1 Å². The van der Waals surface area contributed by atoms with Gasteiger partial charge in [0.05, 0.1) is 22.2 Å². The molecule has 0 unspecified atom stereocenters. The van der Waals surface area contributed by atoms with Crippen LogP contribution in [0.15, 0.2) is 41.3 Å². The monoisotopic (exact) mass is 408 g/mol. The summed E-state index contributed by atoms with van der Waals surface area (Å²) < 4.78 is 33.6. The minimum Gasteiger partial charge on any atom is -0.494 e. The van der Waals surface area contributed by atoms with Crippen LogP contribution >= 0.6 is 11.6 Å². The van der Waals surface area contributed by atoms with Crippen molar-refractivity contribution in [1.29, 1.82) is 0 Å². The first kappa shape index (κ1) is 20.0. The number of halogens is 1. The van der Waals surface area contributed by atoms with Gasteiger partial charge in [-0.25, -0.2) is 8.42 Å². The highest BCUT2D eigenvalue weighted by atomic mass is 35.5. The summed E-state index contributed by atoms with van der Waals surface area (Å²) in [5.74, 6) is 0.622. The summed E-state index contributed by atoms with van der Waals surface area (Å²) in [6.45, 7) is 8.20. The van der Waals surface area contributed by atoms with E-state index in [1.54, 1.807) is 10.4 Å². The lowest BCUT2D eigenvalue weighted by molar-refractivity contribution is 0.336. The summed E-state index contributed by atoms with van der Waals surface area (Å²) in [5.41, 5.74) is 2.63. The van der Waals surface area contributed by atoms with Crippen LogP contribution < -0.4 is 9.64 Å². The van der Waals surface area contributed by atoms with Crippen LogP contribution in [-0.2, 0) is 10.0 Å². The van der Waals surface area contributed by atoms with Crippen molar-refractivity contribution in [2.24, 2.45) is 0 Å². The number of rotatable bonds is 5. The minimum atomic E-state index is -3.57. The van der Waals surface area contributed by atoms with Gasteiger partial charge >= 0.3 is 0 Å². The van der Waals surface area contributed by atoms with E-state index in [0.29, 0.717) is 48.5 Å². The molecule has 0 aromatic heterocycles. The molecule has 146 valence electrons. The summed E-state index contributed by atoms with van der Waals surface area (Å²) in [6.07, 6.45) is 0. The molecule has 0 aliphatic carbocycles. The van der Waals surface area contributed by atoms with Crippen LogP contribution in [0.5, 0.6) is 5.75 Å². The van der Waals surface area contributed by atoms with Gasteiger partial charge in [0.25, 0.3) is 0 Å². The molecule has 2 aromatic rings. The van der Waals surface area contributed by atoms with E-state index < -0.39 is 10.0 Å². The van der Waals surface area contributed by atoms with Gasteiger partial charge in [0, 0.05) is 32.2 Å². The fraction of sp³-hybridized carbons (Fsp3) is 0.400. The highest BCUT2D eigenvalue weighted by Crippen LogP contribution is 2.30. The van der Waals surface area contributed by atoms with E-state index in [0.717, 1.165) is 16.8 Å². The van der Waals surface area contributed by atoms with Gasteiger partial charge in [-0.2, -0.15) is 4.31 Å². The molecule has 27 heavy (non-hydrogen) atoms. The van der Waals surface area contributed by atoms with Crippen molar-refractivity contribution < 1.29 is 13.2 Å². The Labute approximate surface area is 166 Å². The zero-order chi connectivity index (χ0) is 19.6. The van der Waals surface area contributed by atoms with Crippen LogP contribution in [0, 0.1) is 13.8 Å². The van der Waals surface area contributed by atoms with Gasteiger partial charge in [-0.05, 0) is 44.0 Å². The summed E-state index contributed by atoms with van der Waals surface area (Å²) in [4.78, 5) is 2.45. The van der Waals surface area contributed by atoms with Crippen molar-refractivity contribution in [2.45, 2.75) is 25.7 Å². The van der Waals surface area contributed by atoms with Gasteiger partial charge in [-0.1, -0.05) is 29.8 Å². The van der Waals surface area contributed by atoms with Gasteiger partial charge in [0.15, 0.2) is 0 Å². The predicted octanol–water partition coefficient (Wildman–Crippen LogP) is 3.87. The molecule has 1 heterocycles. The van der Waals surface area contributed by atoms with Crippen molar-refractivity contribution in [2.75, 3.05) is 37.7 Å². The van der Waals surface area contributed by atoms with E-state index >= 15 is 0 Å². The Morgan fingerprint density at radius 2 is 1.70 bits per heavy atom. The molecule has 3 rings (SSSR count). The molecule has 1 saturated heterocycles. The topological polar surface area (TPSA) is 49.9 Å². The Balaban J connectivity index is 1.81. The SMILES string of the molecule is CCOc1cc(S(=O)(=O)N2CCN(c3ccccc3Cl)CC2)c(C)cc1C. The van der Waals surface area contributed by atoms with Crippen LogP contribution in [0.4, 0.5) is 5.69 Å². The third kappa shape index (κ3) is 4.08. The van der Waals surface area contributed by atoms with Gasteiger partial charge in [-0.15, -0.1) is 0 Å². The van der Waals surface area contributed by atoms with Gasteiger partial charge in [0.2, 0.25) is 10.0 Å². The molecule has 0 saturated carbocycles. The second-order valence-corrected chi connectivity index (χ2v) is 8.97. The Morgan fingerprint density at radius 1 is 1.04 bits per heavy atom. The lowest BCUT2D eigenvalue weighted by atomic mass is 10.1. The van der Waals surface area contributed by atoms with E-state index in [2.05, 4.69) is 4.90 Å². The van der Waals surface area contributed by atoms with Crippen LogP contribution in [0.1, 0.15) is 18.1 Å². The standard InChI is InChI=1S/C20H25ClN2O3S/c1-4-26-19-14-20(16(3)13-15(19)2)27(24,25)23-11-9-22(10-12-23)18-8-6-5-7-17(18)21/h5-8,13-14H,4,9-12H2,1-3H3. The molecule has 1 aliphatic rings. The summed E-state index contributed by atoms with van der Waals surface area (Å²) >= 11 is 6.28. The van der Waals surface area contributed by atoms with E-state index in [4.69, 9.17) is 16.3 Å². The van der Waals surface area contributed by atoms with E-state index in [-0.39, 0.29) is 0 Å². The van der Waals surface area contributed by atoms with Gasteiger partial charge in [0.1, 0.15) is 5.75 Å². The van der Waals surface area contributed by atoms with Crippen LogP contribution in [-0.4, -0.2) is 45.5 Å². The lowest BCUT2D eigenvalue weighted by Gasteiger charge is -2.36. The first-order valence-electron chi connectivity index (χ1n) is 9.08. The number of hydrogen-bond acceptors (Lipinski definition) is 4. The van der Waals surface area contributed by atoms with Crippen molar-refractivity contribution in [3.8, 4) is 5.75 Å². The molecule has 1 aliphatic heterocycles. The smallest absolute Gasteiger partial charge is 0.243 e. The van der Waals surface area contributed by atoms with Crippen LogP contribution in [0.3, 0.4) is 0 Å². The summed E-state index contributed by atoms with van der Waals surface area (Å²) in [5, 5.41) is 0.685. The lowest BCUT2D eigenvalue weighted by Crippen LogP contribution is -2.48. The largest absolute Gasteiger partial charge is 0.494 e. The average Bonchev–Trinajstić information content (AvgIpc) is 2.64. The molecule has 0 radical (unpaired) electrons. The van der Waals surface area contributed by atoms with Crippen molar-refractivity contribution >= 4 is 27.3 Å². The van der Waals surface area contributed by atoms with Crippen LogP contribution in [0.2, 0.25) is 5.02 Å². The second-order valence-electron chi connectivity index (χ2n) is 6.66. The number of hydrogen-bond donors (Lipinski definition) is 0. The molecular weight excluding hydrogens is 384 g/mol. The first-order chi connectivity index (χ1) is 12.8. The molecule has 5 nitrogen and oxygen atoms in total. The zero-order valence-electron chi connectivity index (χ0n) is 15.9. The molecule has 0 atom stereocenters. The van der Waals surface area contributed by atoms with Gasteiger partial charge < -0.3 is 9.64 Å². The maximum Gasteiger partial charge on any atom is 0.243 e. The number of aryl methyl sites for hydroxylation is 2. The fourth-order valence-corrected chi connectivity index (χ4v) is 5.32. The number of para-hydroxylation sites is 1. The number of ether oxygens (including phenoxy) is 1. The Hall–Kier alpha value is -1.76. The quantitative estimate of drug-likeness (QED) is 0.753. The van der Waals surface area contributed by atoms with Crippen molar-refractivity contribution in [3.05, 3.63) is 52.5 Å². The number of benzene rings is 2. The summed E-state index contributed by atoms with van der Waals surface area (Å²) in [6, 6.07) is 11.2. The first-order valence-corrected chi connectivity index (χ1v) is 10.9. The van der Waals surface area contributed by atoms with E-state index in [9.17, 15) is 8.42 Å². The molecule has 0 spiro atoms. The maximum absolute atomic E-state index is 13.2. The third-order valence-corrected chi connectivity index (χ3v) is 7.18. The Morgan fingerprint density at radius 3 is 2.33 bits per heavy atom. The molecule has 1 fully saturated rings. The number of sulfonamides is 1. The average molecular weight is 409 g/mol. The highest BCUT2D eigenvalue weighted by molar-refractivity contribution is 7.89. The van der Waals surface area contributed by atoms with E-state index in [1.165, 1.54) is 0 Å². The molecule has 0 amide bonds. The fourth-order valence-electron chi connectivity index (χ4n) is 3.42. The second kappa shape index (κ2) is 8.09. The summed E-state index contributed by atoms with van der Waals surface area (Å²) in [7, 11) is -3.57. The molecule has 7 heteroatoms. The number of piperazine rings is 1. The van der Waals surface area contributed by atoms with Gasteiger partial charge in [-0.3, -0.25) is 0 Å². The third-order valence-electron chi connectivity index (χ3n) is 4.82. The highest BCUT2D eigenvalue weighted by Gasteiger charge is 2.30. The molecule has 2 aromatic carbocycles.